The second-order valence-corrected chi connectivity index (χ2v) is 8.47. The summed E-state index contributed by atoms with van der Waals surface area (Å²) >= 11 is 0. The minimum atomic E-state index is -1.40. The Bertz CT molecular complexity index is 1180. The molecule has 1 aliphatic rings. The van der Waals surface area contributed by atoms with Crippen LogP contribution in [0.5, 0.6) is 0 Å². The molecular weight excluding hydrogens is 453 g/mol. The first-order valence-corrected chi connectivity index (χ1v) is 11.3. The van der Waals surface area contributed by atoms with Crippen molar-refractivity contribution in [1.82, 2.24) is 5.32 Å². The number of fused-ring (bicyclic) bond motifs is 3. The number of rotatable bonds is 9. The van der Waals surface area contributed by atoms with Crippen LogP contribution < -0.4 is 5.32 Å². The predicted molar refractivity (Wildman–Crippen MR) is 126 cm³/mol. The van der Waals surface area contributed by atoms with Crippen LogP contribution in [0.15, 0.2) is 66.7 Å². The molecule has 8 heteroatoms. The van der Waals surface area contributed by atoms with Gasteiger partial charge in [0.15, 0.2) is 0 Å². The van der Waals surface area contributed by atoms with Gasteiger partial charge in [0, 0.05) is 12.5 Å². The maximum absolute atomic E-state index is 14.1. The first-order valence-electron chi connectivity index (χ1n) is 11.3. The van der Waals surface area contributed by atoms with E-state index in [4.69, 9.17) is 9.84 Å². The molecule has 3 aromatic rings. The quantitative estimate of drug-likeness (QED) is 0.371. The van der Waals surface area contributed by atoms with Crippen LogP contribution in [0.1, 0.15) is 40.7 Å². The zero-order valence-corrected chi connectivity index (χ0v) is 18.9. The van der Waals surface area contributed by atoms with Crippen LogP contribution >= 0.6 is 0 Å². The summed E-state index contributed by atoms with van der Waals surface area (Å²) in [5.41, 5.74) is 4.55. The van der Waals surface area contributed by atoms with E-state index in [0.717, 1.165) is 28.3 Å². The van der Waals surface area contributed by atoms with E-state index in [0.29, 0.717) is 0 Å². The van der Waals surface area contributed by atoms with Gasteiger partial charge in [-0.2, -0.15) is 0 Å². The molecule has 0 spiro atoms. The van der Waals surface area contributed by atoms with Crippen molar-refractivity contribution in [1.29, 1.82) is 0 Å². The molecule has 0 radical (unpaired) electrons. The number of ether oxygens (including phenoxy) is 1. The lowest BCUT2D eigenvalue weighted by Gasteiger charge is -2.19. The summed E-state index contributed by atoms with van der Waals surface area (Å²) in [6, 6.07) is 19.6. The number of carboxylic acid groups (broad SMARTS) is 1. The third-order valence-corrected chi connectivity index (χ3v) is 6.18. The number of carboxylic acids is 1. The van der Waals surface area contributed by atoms with Gasteiger partial charge in [-0.15, -0.1) is 0 Å². The Morgan fingerprint density at radius 1 is 0.971 bits per heavy atom. The third kappa shape index (κ3) is 5.50. The standard InChI is InChI=1S/C27H26FNO6/c28-23-13-17(10-9-16(23)14-25(31)32)26(33)24(30)11-12-29-27(34)35-15-22-20-7-3-1-5-18(20)19-6-2-4-8-21(19)22/h1-10,13,22,24,26,30,33H,11-12,14-15H2,(H,29,34)(H,31,32). The first kappa shape index (κ1) is 24.4. The monoisotopic (exact) mass is 479 g/mol. The summed E-state index contributed by atoms with van der Waals surface area (Å²) in [6.07, 6.45) is -3.78. The number of nitrogens with one attached hydrogen (secondary N) is 1. The molecule has 0 aromatic heterocycles. The highest BCUT2D eigenvalue weighted by atomic mass is 19.1. The largest absolute Gasteiger partial charge is 0.481 e. The minimum Gasteiger partial charge on any atom is -0.481 e. The number of halogens is 1. The molecule has 1 amide bonds. The lowest BCUT2D eigenvalue weighted by molar-refractivity contribution is -0.136. The number of hydrogen-bond donors (Lipinski definition) is 4. The summed E-state index contributed by atoms with van der Waals surface area (Å²) in [7, 11) is 0. The Morgan fingerprint density at radius 2 is 1.60 bits per heavy atom. The van der Waals surface area contributed by atoms with Crippen LogP contribution in [0.3, 0.4) is 0 Å². The maximum atomic E-state index is 14.1. The minimum absolute atomic E-state index is 0.00383. The highest BCUT2D eigenvalue weighted by molar-refractivity contribution is 5.79. The molecule has 4 N–H and O–H groups in total. The van der Waals surface area contributed by atoms with Gasteiger partial charge in [-0.25, -0.2) is 9.18 Å². The number of hydrogen-bond acceptors (Lipinski definition) is 5. The van der Waals surface area contributed by atoms with Crippen LogP contribution in [0.4, 0.5) is 9.18 Å². The molecular formula is C27H26FNO6. The van der Waals surface area contributed by atoms with Crippen molar-refractivity contribution in [2.45, 2.75) is 31.0 Å². The predicted octanol–water partition coefficient (Wildman–Crippen LogP) is 3.78. The van der Waals surface area contributed by atoms with Crippen molar-refractivity contribution in [3.63, 3.8) is 0 Å². The molecule has 0 saturated carbocycles. The highest BCUT2D eigenvalue weighted by Crippen LogP contribution is 2.44. The zero-order chi connectivity index (χ0) is 24.9. The van der Waals surface area contributed by atoms with Gasteiger partial charge in [0.1, 0.15) is 18.5 Å². The molecule has 0 bridgehead atoms. The fraction of sp³-hybridized carbons (Fsp3) is 0.259. The Labute approximate surface area is 201 Å². The molecule has 182 valence electrons. The van der Waals surface area contributed by atoms with Crippen LogP contribution in [-0.2, 0) is 16.0 Å². The van der Waals surface area contributed by atoms with E-state index in [1.807, 2.05) is 48.5 Å². The fourth-order valence-corrected chi connectivity index (χ4v) is 4.41. The van der Waals surface area contributed by atoms with Gasteiger partial charge in [0.2, 0.25) is 0 Å². The normalized spacial score (nSPS) is 14.0. The number of aliphatic carboxylic acids is 1. The number of alkyl carbamates (subject to hydrolysis) is 1. The molecule has 35 heavy (non-hydrogen) atoms. The summed E-state index contributed by atoms with van der Waals surface area (Å²) in [5, 5.41) is 31.9. The van der Waals surface area contributed by atoms with E-state index in [2.05, 4.69) is 5.32 Å². The number of amides is 1. The van der Waals surface area contributed by atoms with Gasteiger partial charge in [-0.1, -0.05) is 60.7 Å². The van der Waals surface area contributed by atoms with E-state index in [1.54, 1.807) is 0 Å². The summed E-state index contributed by atoms with van der Waals surface area (Å²) in [5.74, 6) is -2.01. The highest BCUT2D eigenvalue weighted by Gasteiger charge is 2.29. The number of carbonyl (C=O) groups excluding carboxylic acids is 1. The number of benzene rings is 3. The second-order valence-electron chi connectivity index (χ2n) is 8.47. The van der Waals surface area contributed by atoms with Gasteiger partial charge in [-0.3, -0.25) is 4.79 Å². The van der Waals surface area contributed by atoms with E-state index in [9.17, 15) is 24.2 Å². The van der Waals surface area contributed by atoms with E-state index in [1.165, 1.54) is 12.1 Å². The molecule has 4 rings (SSSR count). The molecule has 2 unspecified atom stereocenters. The molecule has 0 heterocycles. The van der Waals surface area contributed by atoms with Crippen molar-refractivity contribution < 1.29 is 34.0 Å². The molecule has 0 fully saturated rings. The molecule has 3 aromatic carbocycles. The van der Waals surface area contributed by atoms with Gasteiger partial charge in [0.05, 0.1) is 12.5 Å². The number of aliphatic hydroxyl groups is 2. The summed E-state index contributed by atoms with van der Waals surface area (Å²) in [6.45, 7) is 0.196. The van der Waals surface area contributed by atoms with Crippen LogP contribution in [0, 0.1) is 5.82 Å². The van der Waals surface area contributed by atoms with Crippen molar-refractivity contribution in [2.75, 3.05) is 13.2 Å². The fourth-order valence-electron chi connectivity index (χ4n) is 4.41. The number of carbonyl (C=O) groups is 2. The summed E-state index contributed by atoms with van der Waals surface area (Å²) < 4.78 is 19.5. The van der Waals surface area contributed by atoms with Gasteiger partial charge in [0.25, 0.3) is 0 Å². The van der Waals surface area contributed by atoms with Crippen LogP contribution in [0.2, 0.25) is 0 Å². The molecule has 0 aliphatic heterocycles. The Morgan fingerprint density at radius 3 is 2.20 bits per heavy atom. The molecule has 7 nitrogen and oxygen atoms in total. The topological polar surface area (TPSA) is 116 Å². The lowest BCUT2D eigenvalue weighted by Crippen LogP contribution is -2.30. The SMILES string of the molecule is O=C(O)Cc1ccc(C(O)C(O)CCNC(=O)OCC2c3ccccc3-c3ccccc32)cc1F. The van der Waals surface area contributed by atoms with Crippen LogP contribution in [-0.4, -0.2) is 46.6 Å². The van der Waals surface area contributed by atoms with Crippen molar-refractivity contribution in [2.24, 2.45) is 0 Å². The summed E-state index contributed by atoms with van der Waals surface area (Å²) in [4.78, 5) is 23.0. The Kier molecular flexibility index (Phi) is 7.43. The Balaban J connectivity index is 1.27. The lowest BCUT2D eigenvalue weighted by atomic mass is 9.98. The molecule has 0 saturated heterocycles. The second kappa shape index (κ2) is 10.7. The van der Waals surface area contributed by atoms with Gasteiger partial charge >= 0.3 is 12.1 Å². The van der Waals surface area contributed by atoms with Crippen molar-refractivity contribution >= 4 is 12.1 Å². The van der Waals surface area contributed by atoms with Crippen molar-refractivity contribution in [3.8, 4) is 11.1 Å². The number of aliphatic hydroxyl groups excluding tert-OH is 2. The average molecular weight is 480 g/mol. The van der Waals surface area contributed by atoms with Crippen molar-refractivity contribution in [3.05, 3.63) is 94.8 Å². The average Bonchev–Trinajstić information content (AvgIpc) is 3.17. The van der Waals surface area contributed by atoms with Gasteiger partial charge in [-0.05, 0) is 45.9 Å². The first-order chi connectivity index (χ1) is 16.8. The zero-order valence-electron chi connectivity index (χ0n) is 18.9. The van der Waals surface area contributed by atoms with E-state index < -0.39 is 36.5 Å². The molecule has 2 atom stereocenters. The molecule has 1 aliphatic carbocycles. The maximum Gasteiger partial charge on any atom is 0.407 e. The van der Waals surface area contributed by atoms with Gasteiger partial charge < -0.3 is 25.4 Å². The Hall–Kier alpha value is -3.75. The van der Waals surface area contributed by atoms with Crippen LogP contribution in [0.25, 0.3) is 11.1 Å². The smallest absolute Gasteiger partial charge is 0.407 e. The third-order valence-electron chi connectivity index (χ3n) is 6.18. The van der Waals surface area contributed by atoms with E-state index in [-0.39, 0.29) is 36.6 Å². The van der Waals surface area contributed by atoms with E-state index >= 15 is 0 Å².